The molecule has 0 bridgehead atoms. The van der Waals surface area contributed by atoms with Crippen LogP contribution < -0.4 is 10.6 Å². The molecule has 9 heteroatoms. The zero-order valence-corrected chi connectivity index (χ0v) is 17.6. The molecule has 0 radical (unpaired) electrons. The van der Waals surface area contributed by atoms with Gasteiger partial charge in [-0.1, -0.05) is 17.7 Å². The molecule has 2 heterocycles. The third kappa shape index (κ3) is 3.35. The van der Waals surface area contributed by atoms with E-state index in [1.807, 2.05) is 14.0 Å². The van der Waals surface area contributed by atoms with E-state index >= 15 is 0 Å². The van der Waals surface area contributed by atoms with E-state index in [-0.39, 0.29) is 27.9 Å². The van der Waals surface area contributed by atoms with Crippen molar-refractivity contribution in [3.05, 3.63) is 48.4 Å². The van der Waals surface area contributed by atoms with Gasteiger partial charge in [0.15, 0.2) is 5.65 Å². The predicted octanol–water partition coefficient (Wildman–Crippen LogP) is 2.48. The van der Waals surface area contributed by atoms with Gasteiger partial charge in [-0.3, -0.25) is 0 Å². The molecule has 0 aliphatic heterocycles. The molecule has 144 valence electrons. The average molecular weight is 452 g/mol. The molecule has 0 spiro atoms. The lowest BCUT2D eigenvalue weighted by atomic mass is 9.86. The highest BCUT2D eigenvalue weighted by molar-refractivity contribution is 8.93. The van der Waals surface area contributed by atoms with E-state index in [0.717, 1.165) is 24.2 Å². The molecular weight excluding hydrogens is 430 g/mol. The molecule has 0 amide bonds. The van der Waals surface area contributed by atoms with Crippen LogP contribution in [0.5, 0.6) is 0 Å². The van der Waals surface area contributed by atoms with Gasteiger partial charge in [-0.25, -0.2) is 22.4 Å². The molecule has 2 aromatic heterocycles. The van der Waals surface area contributed by atoms with E-state index in [1.54, 1.807) is 36.5 Å². The van der Waals surface area contributed by atoms with E-state index in [0.29, 0.717) is 17.1 Å². The molecule has 1 aliphatic carbocycles. The molecule has 1 aliphatic rings. The molecule has 27 heavy (non-hydrogen) atoms. The summed E-state index contributed by atoms with van der Waals surface area (Å²) in [6.45, 7) is 1.92. The third-order valence-corrected chi connectivity index (χ3v) is 6.72. The maximum Gasteiger partial charge on any atom is 0.269 e. The number of aromatic nitrogens is 3. The first kappa shape index (κ1) is 19.8. The molecule has 1 saturated carbocycles. The van der Waals surface area contributed by atoms with E-state index in [9.17, 15) is 8.42 Å². The molecule has 0 saturated heterocycles. The monoisotopic (exact) mass is 451 g/mol. The topological polar surface area (TPSA) is 94.1 Å². The summed E-state index contributed by atoms with van der Waals surface area (Å²) < 4.78 is 27.3. The number of rotatable bonds is 4. The quantitative estimate of drug-likeness (QED) is 0.654. The lowest BCUT2D eigenvalue weighted by molar-refractivity contribution is 0.339. The van der Waals surface area contributed by atoms with Crippen LogP contribution in [-0.2, 0) is 10.0 Å². The van der Waals surface area contributed by atoms with Crippen LogP contribution >= 0.6 is 17.0 Å². The molecule has 0 atom stereocenters. The van der Waals surface area contributed by atoms with Gasteiger partial charge >= 0.3 is 0 Å². The first-order valence-corrected chi connectivity index (χ1v) is 9.94. The Morgan fingerprint density at radius 1 is 1.15 bits per heavy atom. The van der Waals surface area contributed by atoms with Crippen molar-refractivity contribution in [2.45, 2.75) is 36.7 Å². The Morgan fingerprint density at radius 2 is 1.81 bits per heavy atom. The van der Waals surface area contributed by atoms with Gasteiger partial charge in [0, 0.05) is 25.3 Å². The van der Waals surface area contributed by atoms with Crippen LogP contribution in [0.25, 0.3) is 11.0 Å². The first-order chi connectivity index (χ1) is 12.4. The van der Waals surface area contributed by atoms with Crippen molar-refractivity contribution in [3.8, 4) is 0 Å². The van der Waals surface area contributed by atoms with Gasteiger partial charge in [0.2, 0.25) is 0 Å². The zero-order chi connectivity index (χ0) is 18.5. The highest BCUT2D eigenvalue weighted by atomic mass is 79.9. The summed E-state index contributed by atoms with van der Waals surface area (Å²) in [7, 11) is -1.75. The number of halogens is 1. The van der Waals surface area contributed by atoms with E-state index in [2.05, 4.69) is 14.9 Å². The second kappa shape index (κ2) is 7.21. The largest absolute Gasteiger partial charge is 0.356 e. The van der Waals surface area contributed by atoms with Crippen molar-refractivity contribution >= 4 is 43.9 Å². The van der Waals surface area contributed by atoms with E-state index in [1.165, 1.54) is 10.3 Å². The summed E-state index contributed by atoms with van der Waals surface area (Å²) in [6, 6.07) is 9.09. The highest BCUT2D eigenvalue weighted by Crippen LogP contribution is 2.31. The maximum atomic E-state index is 13.0. The van der Waals surface area contributed by atoms with Gasteiger partial charge in [-0.15, -0.1) is 17.0 Å². The minimum Gasteiger partial charge on any atom is -0.356 e. The number of nitrogens with two attached hydrogens (primary N) is 1. The number of hydrogen-bond donors (Lipinski definition) is 1. The molecular formula is C18H22BrN5O2S. The lowest BCUT2D eigenvalue weighted by Gasteiger charge is -2.40. The Labute approximate surface area is 169 Å². The fraction of sp³-hybridized carbons (Fsp3) is 0.333. The molecule has 2 N–H and O–H groups in total. The van der Waals surface area contributed by atoms with Crippen molar-refractivity contribution in [1.29, 1.82) is 0 Å². The fourth-order valence-electron chi connectivity index (χ4n) is 3.33. The summed E-state index contributed by atoms with van der Waals surface area (Å²) in [5, 5.41) is 0.714. The van der Waals surface area contributed by atoms with Crippen molar-refractivity contribution in [2.24, 2.45) is 5.73 Å². The third-order valence-electron chi connectivity index (χ3n) is 5.04. The standard InChI is InChI=1S/C18H21N5O2S.BrH/c1-12-3-5-15(6-4-12)26(24,25)23-8-7-16-17(20-11-21-18(16)23)22(2)14-9-13(19)10-14;/h3-8,11,13-14H,9-10,19H2,1-2H3;1H/t13-,14+;. The minimum absolute atomic E-state index is 0. The number of aryl methyl sites for hydroxylation is 1. The zero-order valence-electron chi connectivity index (χ0n) is 15.1. The van der Waals surface area contributed by atoms with Gasteiger partial charge in [0.1, 0.15) is 12.1 Å². The molecule has 4 rings (SSSR count). The number of benzene rings is 1. The van der Waals surface area contributed by atoms with Crippen LogP contribution in [-0.4, -0.2) is 41.5 Å². The fourth-order valence-corrected chi connectivity index (χ4v) is 4.63. The van der Waals surface area contributed by atoms with Crippen LogP contribution in [0.3, 0.4) is 0 Å². The highest BCUT2D eigenvalue weighted by Gasteiger charge is 2.31. The predicted molar refractivity (Wildman–Crippen MR) is 111 cm³/mol. The number of anilines is 1. The first-order valence-electron chi connectivity index (χ1n) is 8.50. The van der Waals surface area contributed by atoms with Gasteiger partial charge in [-0.2, -0.15) is 0 Å². The van der Waals surface area contributed by atoms with Crippen LogP contribution in [0.2, 0.25) is 0 Å². The smallest absolute Gasteiger partial charge is 0.269 e. The number of fused-ring (bicyclic) bond motifs is 1. The summed E-state index contributed by atoms with van der Waals surface area (Å²) in [5.41, 5.74) is 7.28. The van der Waals surface area contributed by atoms with Gasteiger partial charge in [0.05, 0.1) is 10.3 Å². The summed E-state index contributed by atoms with van der Waals surface area (Å²) in [4.78, 5) is 10.9. The molecule has 1 aromatic carbocycles. The van der Waals surface area contributed by atoms with Crippen LogP contribution in [0, 0.1) is 6.92 Å². The molecule has 0 unspecified atom stereocenters. The lowest BCUT2D eigenvalue weighted by Crippen LogP contribution is -2.49. The summed E-state index contributed by atoms with van der Waals surface area (Å²) in [5.74, 6) is 0.727. The normalized spacial score (nSPS) is 19.4. The van der Waals surface area contributed by atoms with Gasteiger partial charge < -0.3 is 10.6 Å². The maximum absolute atomic E-state index is 13.0. The number of nitrogens with zero attached hydrogens (tertiary/aromatic N) is 4. The van der Waals surface area contributed by atoms with Crippen LogP contribution in [0.4, 0.5) is 5.82 Å². The van der Waals surface area contributed by atoms with E-state index < -0.39 is 10.0 Å². The second-order valence-electron chi connectivity index (χ2n) is 6.86. The average Bonchev–Trinajstić information content (AvgIpc) is 3.03. The molecule has 3 aromatic rings. The number of hydrogen-bond acceptors (Lipinski definition) is 6. The van der Waals surface area contributed by atoms with Crippen molar-refractivity contribution in [3.63, 3.8) is 0 Å². The van der Waals surface area contributed by atoms with Crippen LogP contribution in [0.15, 0.2) is 47.8 Å². The Kier molecular flexibility index (Phi) is 5.29. The Bertz CT molecular complexity index is 1060. The Balaban J connectivity index is 0.00000210. The summed E-state index contributed by atoms with van der Waals surface area (Å²) in [6.07, 6.45) is 4.76. The second-order valence-corrected chi connectivity index (χ2v) is 8.68. The van der Waals surface area contributed by atoms with E-state index in [4.69, 9.17) is 5.73 Å². The SMILES string of the molecule is Br.Cc1ccc(S(=O)(=O)n2ccc3c(N(C)[C@H]4C[C@@H](N)C4)ncnc32)cc1. The van der Waals surface area contributed by atoms with Gasteiger partial charge in [-0.05, 0) is 38.0 Å². The molecule has 7 nitrogen and oxygen atoms in total. The Hall–Kier alpha value is -1.97. The summed E-state index contributed by atoms with van der Waals surface area (Å²) >= 11 is 0. The van der Waals surface area contributed by atoms with Gasteiger partial charge in [0.25, 0.3) is 10.0 Å². The Morgan fingerprint density at radius 3 is 2.44 bits per heavy atom. The molecule has 1 fully saturated rings. The van der Waals surface area contributed by atoms with Crippen molar-refractivity contribution < 1.29 is 8.42 Å². The van der Waals surface area contributed by atoms with Crippen LogP contribution in [0.1, 0.15) is 18.4 Å². The van der Waals surface area contributed by atoms with Crippen molar-refractivity contribution in [2.75, 3.05) is 11.9 Å². The van der Waals surface area contributed by atoms with Crippen molar-refractivity contribution in [1.82, 2.24) is 13.9 Å². The minimum atomic E-state index is -3.71.